The maximum atomic E-state index is 12.4. The Morgan fingerprint density at radius 2 is 1.91 bits per heavy atom. The third-order valence-corrected chi connectivity index (χ3v) is 1.66. The van der Waals surface area contributed by atoms with Crippen molar-refractivity contribution in [2.75, 3.05) is 11.8 Å². The van der Waals surface area contributed by atoms with Crippen molar-refractivity contribution in [2.45, 2.75) is 0 Å². The molecule has 11 heavy (non-hydrogen) atoms. The fraction of sp³-hybridized carbons (Fsp3) is 0.143. The number of halogens is 1. The molecule has 1 aromatic rings. The minimum atomic E-state index is -0.218. The van der Waals surface area contributed by atoms with E-state index in [-0.39, 0.29) is 5.82 Å². The summed E-state index contributed by atoms with van der Waals surface area (Å²) >= 11 is 1.34. The highest BCUT2D eigenvalue weighted by Crippen LogP contribution is 2.10. The van der Waals surface area contributed by atoms with Gasteiger partial charge in [0, 0.05) is 17.8 Å². The first-order chi connectivity index (χ1) is 5.33. The lowest BCUT2D eigenvalue weighted by Gasteiger charge is -2.01. The third-order valence-electron chi connectivity index (χ3n) is 1.12. The lowest BCUT2D eigenvalue weighted by Crippen LogP contribution is -1.97. The summed E-state index contributed by atoms with van der Waals surface area (Å²) in [4.78, 5) is 0. The Hall–Kier alpha value is -0.740. The lowest BCUT2D eigenvalue weighted by molar-refractivity contribution is 0.628. The highest BCUT2D eigenvalue weighted by Gasteiger charge is 1.90. The molecular weight excluding hydrogens is 163 g/mol. The molecule has 60 valence electrons. The van der Waals surface area contributed by atoms with Gasteiger partial charge in [0.2, 0.25) is 0 Å². The Balaban J connectivity index is 2.52. The van der Waals surface area contributed by atoms with Crippen LogP contribution in [0.1, 0.15) is 0 Å². The number of nitrogens with one attached hydrogen (secondary N) is 2. The molecule has 0 amide bonds. The molecule has 0 saturated heterocycles. The fourth-order valence-corrected chi connectivity index (χ4v) is 0.984. The molecule has 0 atom stereocenters. The molecular formula is C7H9FN2S. The van der Waals surface area contributed by atoms with Gasteiger partial charge in [-0.1, -0.05) is 0 Å². The molecule has 0 aromatic heterocycles. The average Bonchev–Trinajstić information content (AvgIpc) is 2.04. The molecule has 0 saturated carbocycles. The summed E-state index contributed by atoms with van der Waals surface area (Å²) in [5, 5.41) is 0. The fourth-order valence-electron chi connectivity index (χ4n) is 0.628. The van der Waals surface area contributed by atoms with Crippen LogP contribution in [0.4, 0.5) is 10.1 Å². The van der Waals surface area contributed by atoms with E-state index in [9.17, 15) is 4.39 Å². The summed E-state index contributed by atoms with van der Waals surface area (Å²) in [5.41, 5.74) is 0.880. The van der Waals surface area contributed by atoms with Crippen molar-refractivity contribution in [3.05, 3.63) is 30.1 Å². The lowest BCUT2D eigenvalue weighted by atomic mass is 10.3. The van der Waals surface area contributed by atoms with Crippen molar-refractivity contribution in [3.8, 4) is 0 Å². The van der Waals surface area contributed by atoms with Crippen molar-refractivity contribution in [1.29, 1.82) is 0 Å². The second-order valence-electron chi connectivity index (χ2n) is 1.92. The van der Waals surface area contributed by atoms with Gasteiger partial charge in [0.1, 0.15) is 5.82 Å². The van der Waals surface area contributed by atoms with E-state index >= 15 is 0 Å². The van der Waals surface area contributed by atoms with Crippen LogP contribution >= 0.6 is 12.1 Å². The van der Waals surface area contributed by atoms with Gasteiger partial charge in [-0.05, 0) is 31.3 Å². The standard InChI is InChI=1S/C7H9FN2S/c1-9-11-10-7-4-2-6(8)3-5-7/h2-5,9-10H,1H3. The van der Waals surface area contributed by atoms with Gasteiger partial charge < -0.3 is 4.72 Å². The molecule has 0 spiro atoms. The van der Waals surface area contributed by atoms with E-state index in [1.165, 1.54) is 24.3 Å². The molecule has 4 heteroatoms. The minimum Gasteiger partial charge on any atom is -0.317 e. The Morgan fingerprint density at radius 1 is 1.27 bits per heavy atom. The number of anilines is 1. The summed E-state index contributed by atoms with van der Waals surface area (Å²) in [6.07, 6.45) is 0. The molecule has 2 nitrogen and oxygen atoms in total. The first-order valence-electron chi connectivity index (χ1n) is 3.17. The maximum Gasteiger partial charge on any atom is 0.123 e. The van der Waals surface area contributed by atoms with Crippen LogP contribution in [0.25, 0.3) is 0 Å². The Kier molecular flexibility index (Phi) is 3.19. The summed E-state index contributed by atoms with van der Waals surface area (Å²) in [7, 11) is 1.81. The minimum absolute atomic E-state index is 0.218. The number of benzene rings is 1. The molecule has 0 aliphatic rings. The largest absolute Gasteiger partial charge is 0.317 e. The Bertz CT molecular complexity index is 212. The second-order valence-corrected chi connectivity index (χ2v) is 2.73. The van der Waals surface area contributed by atoms with Crippen LogP contribution in [0, 0.1) is 5.82 Å². The Morgan fingerprint density at radius 3 is 2.45 bits per heavy atom. The summed E-state index contributed by atoms with van der Waals surface area (Å²) in [5.74, 6) is -0.218. The number of rotatable bonds is 3. The van der Waals surface area contributed by atoms with Gasteiger partial charge in [0.15, 0.2) is 0 Å². The Labute approximate surface area is 69.5 Å². The highest BCUT2D eigenvalue weighted by atomic mass is 32.2. The molecule has 1 rings (SSSR count). The van der Waals surface area contributed by atoms with Crippen LogP contribution in [0.15, 0.2) is 24.3 Å². The van der Waals surface area contributed by atoms with Crippen molar-refractivity contribution in [3.63, 3.8) is 0 Å². The van der Waals surface area contributed by atoms with Crippen molar-refractivity contribution < 1.29 is 4.39 Å². The molecule has 0 bridgehead atoms. The highest BCUT2D eigenvalue weighted by molar-refractivity contribution is 7.98. The predicted molar refractivity (Wildman–Crippen MR) is 46.7 cm³/mol. The van der Waals surface area contributed by atoms with Crippen molar-refractivity contribution in [1.82, 2.24) is 4.72 Å². The van der Waals surface area contributed by atoms with E-state index in [4.69, 9.17) is 0 Å². The van der Waals surface area contributed by atoms with E-state index in [0.717, 1.165) is 5.69 Å². The number of hydrogen-bond donors (Lipinski definition) is 2. The third kappa shape index (κ3) is 2.78. The topological polar surface area (TPSA) is 24.1 Å². The zero-order chi connectivity index (χ0) is 8.10. The summed E-state index contributed by atoms with van der Waals surface area (Å²) < 4.78 is 18.2. The first kappa shape index (κ1) is 8.36. The van der Waals surface area contributed by atoms with E-state index in [1.54, 1.807) is 19.2 Å². The SMILES string of the molecule is CNSNc1ccc(F)cc1. The monoisotopic (exact) mass is 172 g/mol. The van der Waals surface area contributed by atoms with Crippen molar-refractivity contribution in [2.24, 2.45) is 0 Å². The van der Waals surface area contributed by atoms with E-state index < -0.39 is 0 Å². The molecule has 1 aromatic carbocycles. The summed E-state index contributed by atoms with van der Waals surface area (Å²) in [6, 6.07) is 6.19. The van der Waals surface area contributed by atoms with Gasteiger partial charge in [-0.3, -0.25) is 0 Å². The van der Waals surface area contributed by atoms with Gasteiger partial charge in [0.25, 0.3) is 0 Å². The molecule has 0 aliphatic heterocycles. The van der Waals surface area contributed by atoms with Gasteiger partial charge in [-0.2, -0.15) is 0 Å². The molecule has 0 heterocycles. The van der Waals surface area contributed by atoms with E-state index in [0.29, 0.717) is 0 Å². The van der Waals surface area contributed by atoms with E-state index in [2.05, 4.69) is 9.44 Å². The smallest absolute Gasteiger partial charge is 0.123 e. The molecule has 0 unspecified atom stereocenters. The van der Waals surface area contributed by atoms with Crippen molar-refractivity contribution >= 4 is 17.8 Å². The number of hydrogen-bond acceptors (Lipinski definition) is 3. The van der Waals surface area contributed by atoms with Crippen LogP contribution in [-0.2, 0) is 0 Å². The van der Waals surface area contributed by atoms with Gasteiger partial charge in [-0.15, -0.1) is 0 Å². The first-order valence-corrected chi connectivity index (χ1v) is 3.99. The van der Waals surface area contributed by atoms with Crippen LogP contribution < -0.4 is 9.44 Å². The van der Waals surface area contributed by atoms with Crippen LogP contribution in [-0.4, -0.2) is 7.05 Å². The van der Waals surface area contributed by atoms with Gasteiger partial charge in [0.05, 0.1) is 0 Å². The normalized spacial score (nSPS) is 9.64. The quantitative estimate of drug-likeness (QED) is 0.682. The maximum absolute atomic E-state index is 12.4. The van der Waals surface area contributed by atoms with Gasteiger partial charge in [-0.25, -0.2) is 9.11 Å². The van der Waals surface area contributed by atoms with Crippen LogP contribution in [0.3, 0.4) is 0 Å². The average molecular weight is 172 g/mol. The molecule has 0 aliphatic carbocycles. The molecule has 2 N–H and O–H groups in total. The second kappa shape index (κ2) is 4.20. The van der Waals surface area contributed by atoms with Crippen LogP contribution in [0.2, 0.25) is 0 Å². The molecule has 0 fully saturated rings. The zero-order valence-corrected chi connectivity index (χ0v) is 6.91. The van der Waals surface area contributed by atoms with Crippen LogP contribution in [0.5, 0.6) is 0 Å². The predicted octanol–water partition coefficient (Wildman–Crippen LogP) is 2.02. The van der Waals surface area contributed by atoms with Gasteiger partial charge >= 0.3 is 0 Å². The molecule has 0 radical (unpaired) electrons. The zero-order valence-electron chi connectivity index (χ0n) is 6.10. The van der Waals surface area contributed by atoms with E-state index in [1.807, 2.05) is 0 Å². The summed E-state index contributed by atoms with van der Waals surface area (Å²) in [6.45, 7) is 0.